The van der Waals surface area contributed by atoms with Gasteiger partial charge in [-0.1, -0.05) is 56.5 Å². The van der Waals surface area contributed by atoms with Crippen LogP contribution in [0.2, 0.25) is 0 Å². The minimum absolute atomic E-state index is 0.0323. The van der Waals surface area contributed by atoms with Gasteiger partial charge >= 0.3 is 6.09 Å². The third kappa shape index (κ3) is 8.56. The summed E-state index contributed by atoms with van der Waals surface area (Å²) in [7, 11) is 0. The molecule has 0 radical (unpaired) electrons. The summed E-state index contributed by atoms with van der Waals surface area (Å²) in [4.78, 5) is 23.7. The molecule has 0 spiro atoms. The second-order valence-corrected chi connectivity index (χ2v) is 6.16. The van der Waals surface area contributed by atoms with E-state index in [4.69, 9.17) is 4.74 Å². The summed E-state index contributed by atoms with van der Waals surface area (Å²) in [6.45, 7) is 6.11. The van der Waals surface area contributed by atoms with Gasteiger partial charge in [-0.15, -0.1) is 0 Å². The molecule has 0 heterocycles. The lowest BCUT2D eigenvalue weighted by Crippen LogP contribution is -2.48. The lowest BCUT2D eigenvalue weighted by atomic mass is 10.1. The van der Waals surface area contributed by atoms with Crippen LogP contribution in [0.3, 0.4) is 0 Å². The monoisotopic (exact) mass is 334 g/mol. The first-order valence-electron chi connectivity index (χ1n) is 8.79. The Kier molecular flexibility index (Phi) is 9.58. The molecule has 0 aliphatic rings. The number of alkyl carbamates (subject to hydrolysis) is 1. The first-order valence-corrected chi connectivity index (χ1v) is 8.79. The molecule has 0 aliphatic heterocycles. The highest BCUT2D eigenvalue weighted by Crippen LogP contribution is 2.04. The van der Waals surface area contributed by atoms with Gasteiger partial charge in [-0.05, 0) is 25.8 Å². The van der Waals surface area contributed by atoms with E-state index in [2.05, 4.69) is 17.6 Å². The number of hydrogen-bond donors (Lipinski definition) is 2. The molecule has 5 nitrogen and oxygen atoms in total. The molecule has 2 atom stereocenters. The fourth-order valence-electron chi connectivity index (χ4n) is 2.24. The van der Waals surface area contributed by atoms with E-state index in [1.807, 2.05) is 44.2 Å². The van der Waals surface area contributed by atoms with Gasteiger partial charge < -0.3 is 15.4 Å². The lowest BCUT2D eigenvalue weighted by molar-refractivity contribution is -0.122. The molecule has 24 heavy (non-hydrogen) atoms. The first-order chi connectivity index (χ1) is 11.5. The zero-order valence-corrected chi connectivity index (χ0v) is 15.0. The zero-order valence-electron chi connectivity index (χ0n) is 15.0. The number of benzene rings is 1. The molecule has 1 aromatic carbocycles. The van der Waals surface area contributed by atoms with Crippen molar-refractivity contribution in [3.05, 3.63) is 35.9 Å². The minimum atomic E-state index is -0.476. The van der Waals surface area contributed by atoms with Gasteiger partial charge in [0, 0.05) is 18.5 Å². The van der Waals surface area contributed by atoms with Crippen LogP contribution >= 0.6 is 0 Å². The standard InChI is InChI=1S/C19H30N2O3/c1-4-5-6-10-13-18(22)20-15(2)16(3)21-19(23)24-14-17-11-8-7-9-12-17/h7-9,11-12,15-16H,4-6,10,13-14H2,1-3H3,(H,20,22)(H,21,23)/t15-,16-/m1/s1. The van der Waals surface area contributed by atoms with Gasteiger partial charge in [0.25, 0.3) is 0 Å². The van der Waals surface area contributed by atoms with Gasteiger partial charge in [0.15, 0.2) is 0 Å². The van der Waals surface area contributed by atoms with Crippen molar-refractivity contribution in [3.63, 3.8) is 0 Å². The van der Waals surface area contributed by atoms with E-state index < -0.39 is 6.09 Å². The summed E-state index contributed by atoms with van der Waals surface area (Å²) in [6.07, 6.45) is 4.37. The summed E-state index contributed by atoms with van der Waals surface area (Å²) >= 11 is 0. The van der Waals surface area contributed by atoms with E-state index in [0.717, 1.165) is 31.2 Å². The molecule has 134 valence electrons. The van der Waals surface area contributed by atoms with E-state index in [9.17, 15) is 9.59 Å². The molecule has 0 aliphatic carbocycles. The van der Waals surface area contributed by atoms with E-state index in [0.29, 0.717) is 6.42 Å². The number of nitrogens with one attached hydrogen (secondary N) is 2. The van der Waals surface area contributed by atoms with E-state index >= 15 is 0 Å². The summed E-state index contributed by atoms with van der Waals surface area (Å²) in [5.41, 5.74) is 0.939. The molecular weight excluding hydrogens is 304 g/mol. The minimum Gasteiger partial charge on any atom is -0.445 e. The Balaban J connectivity index is 2.23. The van der Waals surface area contributed by atoms with E-state index in [1.165, 1.54) is 0 Å². The van der Waals surface area contributed by atoms with Crippen molar-refractivity contribution < 1.29 is 14.3 Å². The highest BCUT2D eigenvalue weighted by Gasteiger charge is 2.17. The van der Waals surface area contributed by atoms with E-state index in [1.54, 1.807) is 0 Å². The summed E-state index contributed by atoms with van der Waals surface area (Å²) < 4.78 is 5.18. The van der Waals surface area contributed by atoms with Crippen molar-refractivity contribution in [1.82, 2.24) is 10.6 Å². The van der Waals surface area contributed by atoms with Crippen molar-refractivity contribution in [3.8, 4) is 0 Å². The predicted octanol–water partition coefficient (Wildman–Crippen LogP) is 3.78. The normalized spacial score (nSPS) is 13.0. The third-order valence-corrected chi connectivity index (χ3v) is 3.95. The molecule has 0 saturated heterocycles. The van der Waals surface area contributed by atoms with Crippen molar-refractivity contribution in [2.24, 2.45) is 0 Å². The van der Waals surface area contributed by atoms with Crippen LogP contribution in [0.15, 0.2) is 30.3 Å². The van der Waals surface area contributed by atoms with Crippen LogP contribution < -0.4 is 10.6 Å². The number of rotatable bonds is 10. The van der Waals surface area contributed by atoms with Crippen LogP contribution in [-0.4, -0.2) is 24.1 Å². The molecule has 1 rings (SSSR count). The smallest absolute Gasteiger partial charge is 0.407 e. The van der Waals surface area contributed by atoms with Crippen molar-refractivity contribution in [2.75, 3.05) is 0 Å². The highest BCUT2D eigenvalue weighted by atomic mass is 16.5. The summed E-state index contributed by atoms with van der Waals surface area (Å²) in [5.74, 6) is 0.0323. The van der Waals surface area contributed by atoms with Crippen LogP contribution in [0.1, 0.15) is 58.4 Å². The quantitative estimate of drug-likeness (QED) is 0.640. The number of ether oxygens (including phenoxy) is 1. The van der Waals surface area contributed by atoms with E-state index in [-0.39, 0.29) is 24.6 Å². The molecule has 0 saturated carbocycles. The summed E-state index contributed by atoms with van der Waals surface area (Å²) in [6, 6.07) is 9.17. The number of hydrogen-bond acceptors (Lipinski definition) is 3. The molecule has 2 N–H and O–H groups in total. The first kappa shape index (κ1) is 20.0. The van der Waals surface area contributed by atoms with Gasteiger partial charge in [0.1, 0.15) is 6.61 Å². The Morgan fingerprint density at radius 3 is 2.33 bits per heavy atom. The van der Waals surface area contributed by atoms with Crippen molar-refractivity contribution >= 4 is 12.0 Å². The largest absolute Gasteiger partial charge is 0.445 e. The summed E-state index contributed by atoms with van der Waals surface area (Å²) in [5, 5.41) is 5.68. The maximum absolute atomic E-state index is 11.9. The Morgan fingerprint density at radius 2 is 1.67 bits per heavy atom. The fourth-order valence-corrected chi connectivity index (χ4v) is 2.24. The Bertz CT molecular complexity index is 491. The molecule has 1 aromatic rings. The highest BCUT2D eigenvalue weighted by molar-refractivity contribution is 5.76. The van der Waals surface area contributed by atoms with Gasteiger partial charge in [0.2, 0.25) is 5.91 Å². The third-order valence-electron chi connectivity index (χ3n) is 3.95. The maximum atomic E-state index is 11.9. The van der Waals surface area contributed by atoms with Crippen LogP contribution in [0.4, 0.5) is 4.79 Å². The average Bonchev–Trinajstić information content (AvgIpc) is 2.57. The molecule has 0 unspecified atom stereocenters. The number of carbonyl (C=O) groups is 2. The van der Waals surface area contributed by atoms with Gasteiger partial charge in [-0.2, -0.15) is 0 Å². The molecule has 0 aromatic heterocycles. The Hall–Kier alpha value is -2.04. The van der Waals surface area contributed by atoms with Gasteiger partial charge in [0.05, 0.1) is 0 Å². The Labute approximate surface area is 145 Å². The molecule has 5 heteroatoms. The predicted molar refractivity (Wildman–Crippen MR) is 95.6 cm³/mol. The number of carbonyl (C=O) groups excluding carboxylic acids is 2. The van der Waals surface area contributed by atoms with Gasteiger partial charge in [-0.3, -0.25) is 4.79 Å². The average molecular weight is 334 g/mol. The second kappa shape index (κ2) is 11.5. The molecule has 0 bridgehead atoms. The van der Waals surface area contributed by atoms with Gasteiger partial charge in [-0.25, -0.2) is 4.79 Å². The number of amides is 2. The molecule has 0 fully saturated rings. The lowest BCUT2D eigenvalue weighted by Gasteiger charge is -2.22. The molecular formula is C19H30N2O3. The zero-order chi connectivity index (χ0) is 17.8. The second-order valence-electron chi connectivity index (χ2n) is 6.16. The van der Waals surface area contributed by atoms with Crippen molar-refractivity contribution in [1.29, 1.82) is 0 Å². The van der Waals surface area contributed by atoms with Crippen LogP contribution in [-0.2, 0) is 16.1 Å². The molecule has 2 amide bonds. The topological polar surface area (TPSA) is 67.4 Å². The van der Waals surface area contributed by atoms with Crippen LogP contribution in [0.25, 0.3) is 0 Å². The Morgan fingerprint density at radius 1 is 1.00 bits per heavy atom. The number of unbranched alkanes of at least 4 members (excludes halogenated alkanes) is 3. The van der Waals surface area contributed by atoms with Crippen LogP contribution in [0.5, 0.6) is 0 Å². The fraction of sp³-hybridized carbons (Fsp3) is 0.579. The van der Waals surface area contributed by atoms with Crippen molar-refractivity contribution in [2.45, 2.75) is 71.6 Å². The SMILES string of the molecule is CCCCCCC(=O)N[C@H](C)[C@@H](C)NC(=O)OCc1ccccc1. The maximum Gasteiger partial charge on any atom is 0.407 e. The van der Waals surface area contributed by atoms with Crippen LogP contribution in [0, 0.1) is 0 Å².